The standard InChI is InChI=1S/C14H12FN3O3S.C2H6/c1-8-2-3-10(9(15)6-8)16-11-7-12(19)17-4-5-22-14(17)13(11)18(20)21;1-2/h2-3,6-7,16H,4-5H2,1H3;1-2H3. The van der Waals surface area contributed by atoms with Crippen molar-refractivity contribution in [3.05, 3.63) is 56.1 Å². The van der Waals surface area contributed by atoms with E-state index in [1.54, 1.807) is 13.0 Å². The first-order valence-electron chi connectivity index (χ1n) is 7.55. The number of benzene rings is 1. The predicted octanol–water partition coefficient (Wildman–Crippen LogP) is 4.08. The summed E-state index contributed by atoms with van der Waals surface area (Å²) in [5, 5.41) is 14.4. The number of thioether (sulfide) groups is 1. The molecule has 0 bridgehead atoms. The van der Waals surface area contributed by atoms with Gasteiger partial charge in [-0.3, -0.25) is 19.5 Å². The van der Waals surface area contributed by atoms with Gasteiger partial charge in [-0.05, 0) is 24.6 Å². The lowest BCUT2D eigenvalue weighted by Gasteiger charge is -2.11. The van der Waals surface area contributed by atoms with Gasteiger partial charge in [-0.25, -0.2) is 4.39 Å². The number of aryl methyl sites for hydroxylation is 1. The molecule has 128 valence electrons. The van der Waals surface area contributed by atoms with Crippen molar-refractivity contribution in [2.24, 2.45) is 0 Å². The van der Waals surface area contributed by atoms with Crippen LogP contribution in [0.15, 0.2) is 34.1 Å². The molecule has 0 atom stereocenters. The van der Waals surface area contributed by atoms with Gasteiger partial charge in [0.1, 0.15) is 11.5 Å². The lowest BCUT2D eigenvalue weighted by atomic mass is 10.2. The Hall–Kier alpha value is -2.35. The first-order valence-corrected chi connectivity index (χ1v) is 8.54. The maximum atomic E-state index is 13.9. The summed E-state index contributed by atoms with van der Waals surface area (Å²) >= 11 is 1.26. The number of nitrogens with zero attached hydrogens (tertiary/aromatic N) is 2. The first kappa shape index (κ1) is 18.0. The Morgan fingerprint density at radius 1 is 1.29 bits per heavy atom. The molecule has 2 heterocycles. The molecule has 0 fully saturated rings. The van der Waals surface area contributed by atoms with Gasteiger partial charge in [0.05, 0.1) is 10.6 Å². The number of hydrogen-bond donors (Lipinski definition) is 1. The van der Waals surface area contributed by atoms with E-state index in [9.17, 15) is 19.3 Å². The zero-order chi connectivity index (χ0) is 17.9. The summed E-state index contributed by atoms with van der Waals surface area (Å²) in [4.78, 5) is 22.9. The maximum Gasteiger partial charge on any atom is 0.322 e. The summed E-state index contributed by atoms with van der Waals surface area (Å²) in [5.74, 6) is 0.0841. The average Bonchev–Trinajstić information content (AvgIpc) is 3.01. The zero-order valence-corrected chi connectivity index (χ0v) is 14.4. The molecule has 0 radical (unpaired) electrons. The minimum atomic E-state index is -0.544. The van der Waals surface area contributed by atoms with Crippen molar-refractivity contribution in [3.8, 4) is 0 Å². The van der Waals surface area contributed by atoms with Crippen molar-refractivity contribution < 1.29 is 9.31 Å². The van der Waals surface area contributed by atoms with Gasteiger partial charge < -0.3 is 5.32 Å². The van der Waals surface area contributed by atoms with Crippen molar-refractivity contribution in [1.82, 2.24) is 4.57 Å². The van der Waals surface area contributed by atoms with E-state index in [2.05, 4.69) is 5.32 Å². The van der Waals surface area contributed by atoms with Crippen LogP contribution in [0.1, 0.15) is 19.4 Å². The first-order chi connectivity index (χ1) is 11.5. The molecule has 6 nitrogen and oxygen atoms in total. The number of aromatic nitrogens is 1. The molecule has 1 N–H and O–H groups in total. The number of hydrogen-bond acceptors (Lipinski definition) is 5. The fraction of sp³-hybridized carbons (Fsp3) is 0.312. The Morgan fingerprint density at radius 2 is 2.00 bits per heavy atom. The molecule has 0 saturated heterocycles. The second-order valence-corrected chi connectivity index (χ2v) is 6.00. The largest absolute Gasteiger partial charge is 0.347 e. The van der Waals surface area contributed by atoms with Crippen LogP contribution in [0.4, 0.5) is 21.5 Å². The normalized spacial score (nSPS) is 12.2. The Labute approximate surface area is 142 Å². The third-order valence-electron chi connectivity index (χ3n) is 3.37. The van der Waals surface area contributed by atoms with Crippen molar-refractivity contribution in [1.29, 1.82) is 0 Å². The highest BCUT2D eigenvalue weighted by atomic mass is 32.2. The summed E-state index contributed by atoms with van der Waals surface area (Å²) in [7, 11) is 0. The molecule has 8 heteroatoms. The van der Waals surface area contributed by atoms with Crippen molar-refractivity contribution in [3.63, 3.8) is 0 Å². The highest BCUT2D eigenvalue weighted by Gasteiger charge is 2.29. The lowest BCUT2D eigenvalue weighted by Crippen LogP contribution is -2.20. The Kier molecular flexibility index (Phi) is 5.61. The molecule has 2 aromatic rings. The van der Waals surface area contributed by atoms with Crippen molar-refractivity contribution in [2.75, 3.05) is 11.1 Å². The quantitative estimate of drug-likeness (QED) is 0.666. The Balaban J connectivity index is 0.00000100. The molecule has 0 spiro atoms. The van der Waals surface area contributed by atoms with Gasteiger partial charge in [0.2, 0.25) is 0 Å². The van der Waals surface area contributed by atoms with E-state index < -0.39 is 10.7 Å². The summed E-state index contributed by atoms with van der Waals surface area (Å²) in [5.41, 5.74) is 0.323. The number of nitrogens with one attached hydrogen (secondary N) is 1. The van der Waals surface area contributed by atoms with Crippen molar-refractivity contribution >= 4 is 28.8 Å². The highest BCUT2D eigenvalue weighted by molar-refractivity contribution is 7.99. The minimum Gasteiger partial charge on any atom is -0.347 e. The summed E-state index contributed by atoms with van der Waals surface area (Å²) in [6.07, 6.45) is 0. The van der Waals surface area contributed by atoms with E-state index >= 15 is 0 Å². The molecular formula is C16H18FN3O3S. The molecule has 0 aliphatic carbocycles. The van der Waals surface area contributed by atoms with Gasteiger partial charge in [0.25, 0.3) is 5.56 Å². The van der Waals surface area contributed by atoms with E-state index in [0.717, 1.165) is 11.6 Å². The molecule has 24 heavy (non-hydrogen) atoms. The van der Waals surface area contributed by atoms with Crippen LogP contribution in [0, 0.1) is 22.9 Å². The van der Waals surface area contributed by atoms with Crippen LogP contribution in [-0.4, -0.2) is 15.2 Å². The molecule has 1 aromatic heterocycles. The van der Waals surface area contributed by atoms with Crippen LogP contribution in [0.5, 0.6) is 0 Å². The third kappa shape index (κ3) is 3.43. The second kappa shape index (κ2) is 7.48. The molecule has 0 saturated carbocycles. The van der Waals surface area contributed by atoms with Gasteiger partial charge in [-0.15, -0.1) is 0 Å². The van der Waals surface area contributed by atoms with E-state index in [-0.39, 0.29) is 22.6 Å². The zero-order valence-electron chi connectivity index (χ0n) is 13.6. The van der Waals surface area contributed by atoms with Crippen LogP contribution in [0.25, 0.3) is 0 Å². The molecule has 3 rings (SSSR count). The highest BCUT2D eigenvalue weighted by Crippen LogP contribution is 2.38. The van der Waals surface area contributed by atoms with Gasteiger partial charge in [0, 0.05) is 18.4 Å². The number of halogens is 1. The maximum absolute atomic E-state index is 13.9. The van der Waals surface area contributed by atoms with Crippen LogP contribution in [0.2, 0.25) is 0 Å². The van der Waals surface area contributed by atoms with E-state index in [1.165, 1.54) is 28.5 Å². The monoisotopic (exact) mass is 351 g/mol. The van der Waals surface area contributed by atoms with E-state index in [4.69, 9.17) is 0 Å². The van der Waals surface area contributed by atoms with Crippen LogP contribution < -0.4 is 10.9 Å². The number of pyridine rings is 1. The molecule has 1 aliphatic rings. The Bertz CT molecular complexity index is 836. The van der Waals surface area contributed by atoms with E-state index in [1.807, 2.05) is 13.8 Å². The number of anilines is 2. The molecule has 0 unspecified atom stereocenters. The Morgan fingerprint density at radius 3 is 2.62 bits per heavy atom. The third-order valence-corrected chi connectivity index (χ3v) is 4.44. The van der Waals surface area contributed by atoms with Gasteiger partial charge >= 0.3 is 5.69 Å². The summed E-state index contributed by atoms with van der Waals surface area (Å²) < 4.78 is 15.3. The fourth-order valence-corrected chi connectivity index (χ4v) is 3.47. The van der Waals surface area contributed by atoms with E-state index in [0.29, 0.717) is 17.3 Å². The van der Waals surface area contributed by atoms with Gasteiger partial charge in [-0.2, -0.15) is 0 Å². The summed E-state index contributed by atoms with van der Waals surface area (Å²) in [6.45, 7) is 6.19. The number of nitro groups is 1. The second-order valence-electron chi connectivity index (χ2n) is 4.92. The number of rotatable bonds is 3. The van der Waals surface area contributed by atoms with Crippen LogP contribution in [-0.2, 0) is 6.54 Å². The number of fused-ring (bicyclic) bond motifs is 1. The molecule has 0 amide bonds. The summed E-state index contributed by atoms with van der Waals surface area (Å²) in [6, 6.07) is 5.65. The average molecular weight is 351 g/mol. The smallest absolute Gasteiger partial charge is 0.322 e. The lowest BCUT2D eigenvalue weighted by molar-refractivity contribution is -0.387. The van der Waals surface area contributed by atoms with Crippen molar-refractivity contribution in [2.45, 2.75) is 32.3 Å². The van der Waals surface area contributed by atoms with Crippen LogP contribution >= 0.6 is 11.8 Å². The van der Waals surface area contributed by atoms with Gasteiger partial charge in [0.15, 0.2) is 5.03 Å². The van der Waals surface area contributed by atoms with Crippen LogP contribution in [0.3, 0.4) is 0 Å². The molecule has 1 aliphatic heterocycles. The minimum absolute atomic E-state index is 0.0124. The molecule has 1 aromatic carbocycles. The fourth-order valence-electron chi connectivity index (χ4n) is 2.34. The predicted molar refractivity (Wildman–Crippen MR) is 93.8 cm³/mol. The SMILES string of the molecule is CC.Cc1ccc(Nc2cc(=O)n3c(c2[N+](=O)[O-])SCC3)c(F)c1. The van der Waals surface area contributed by atoms with Gasteiger partial charge in [-0.1, -0.05) is 31.7 Å². The molecular weight excluding hydrogens is 333 g/mol. The topological polar surface area (TPSA) is 77.2 Å².